The molecular formula is C22H22ClFN2O3. The van der Waals surface area contributed by atoms with E-state index in [-0.39, 0.29) is 17.0 Å². The molecule has 3 unspecified atom stereocenters. The standard InChI is InChI=1S/C22H22ClFN2O3/c1-3-6-18-22(4-2,21(27)28)19(14-9-8-13(24)11-16(14)23)15(12-25)20(26-18)17-7-5-10-29-17/h5,7-11,18-19,26H,3-4,6H2,1-2H3,(H,27,28). The molecule has 2 heterocycles. The van der Waals surface area contributed by atoms with Crippen LogP contribution in [0.3, 0.4) is 0 Å². The van der Waals surface area contributed by atoms with Crippen LogP contribution in [-0.2, 0) is 4.79 Å². The van der Waals surface area contributed by atoms with Crippen LogP contribution in [0.25, 0.3) is 5.70 Å². The Hall–Kier alpha value is -2.78. The predicted octanol–water partition coefficient (Wildman–Crippen LogP) is 5.34. The van der Waals surface area contributed by atoms with Crippen LogP contribution in [0.1, 0.15) is 50.4 Å². The summed E-state index contributed by atoms with van der Waals surface area (Å²) >= 11 is 6.36. The average Bonchev–Trinajstić information content (AvgIpc) is 3.22. The molecule has 0 fully saturated rings. The number of carboxylic acid groups (broad SMARTS) is 1. The van der Waals surface area contributed by atoms with Crippen LogP contribution in [0.4, 0.5) is 4.39 Å². The molecule has 1 aliphatic rings. The van der Waals surface area contributed by atoms with E-state index in [1.165, 1.54) is 18.4 Å². The number of carbonyl (C=O) groups is 1. The first-order valence-electron chi connectivity index (χ1n) is 9.53. The van der Waals surface area contributed by atoms with Crippen molar-refractivity contribution in [3.05, 3.63) is 64.3 Å². The molecule has 29 heavy (non-hydrogen) atoms. The van der Waals surface area contributed by atoms with E-state index in [1.54, 1.807) is 19.1 Å². The Morgan fingerprint density at radius 3 is 2.69 bits per heavy atom. The van der Waals surface area contributed by atoms with Crippen molar-refractivity contribution in [3.8, 4) is 6.07 Å². The summed E-state index contributed by atoms with van der Waals surface area (Å²) in [6.45, 7) is 3.76. The smallest absolute Gasteiger partial charge is 0.312 e. The molecule has 0 saturated carbocycles. The Kier molecular flexibility index (Phi) is 5.99. The number of nitrogens with one attached hydrogen (secondary N) is 1. The van der Waals surface area contributed by atoms with Crippen molar-refractivity contribution in [1.82, 2.24) is 5.32 Å². The topological polar surface area (TPSA) is 86.3 Å². The summed E-state index contributed by atoms with van der Waals surface area (Å²) in [7, 11) is 0. The van der Waals surface area contributed by atoms with Gasteiger partial charge >= 0.3 is 5.97 Å². The number of allylic oxidation sites excluding steroid dienone is 1. The van der Waals surface area contributed by atoms with Gasteiger partial charge in [0, 0.05) is 17.0 Å². The van der Waals surface area contributed by atoms with E-state index >= 15 is 0 Å². The van der Waals surface area contributed by atoms with Crippen molar-refractivity contribution < 1.29 is 18.7 Å². The molecule has 1 aromatic heterocycles. The number of hydrogen-bond acceptors (Lipinski definition) is 4. The van der Waals surface area contributed by atoms with Crippen molar-refractivity contribution in [2.75, 3.05) is 0 Å². The Morgan fingerprint density at radius 2 is 2.17 bits per heavy atom. The minimum absolute atomic E-state index is 0.0952. The lowest BCUT2D eigenvalue weighted by Gasteiger charge is -2.47. The third-order valence-corrected chi connectivity index (χ3v) is 6.06. The number of halogens is 2. The van der Waals surface area contributed by atoms with Crippen LogP contribution >= 0.6 is 11.6 Å². The molecule has 0 amide bonds. The molecule has 0 saturated heterocycles. The molecule has 2 N–H and O–H groups in total. The summed E-state index contributed by atoms with van der Waals surface area (Å²) in [6.07, 6.45) is 3.06. The lowest BCUT2D eigenvalue weighted by Crippen LogP contribution is -2.56. The minimum atomic E-state index is -1.33. The maximum absolute atomic E-state index is 13.7. The van der Waals surface area contributed by atoms with Crippen LogP contribution in [0.2, 0.25) is 5.02 Å². The van der Waals surface area contributed by atoms with E-state index < -0.39 is 29.2 Å². The average molecular weight is 417 g/mol. The Bertz CT molecular complexity index is 980. The number of nitriles is 1. The zero-order valence-electron chi connectivity index (χ0n) is 16.2. The quantitative estimate of drug-likeness (QED) is 0.663. The van der Waals surface area contributed by atoms with Crippen molar-refractivity contribution in [3.63, 3.8) is 0 Å². The van der Waals surface area contributed by atoms with Crippen molar-refractivity contribution in [1.29, 1.82) is 5.26 Å². The second-order valence-electron chi connectivity index (χ2n) is 7.16. The molecule has 1 aliphatic heterocycles. The molecule has 3 rings (SSSR count). The normalized spacial score (nSPS) is 24.1. The molecule has 0 bridgehead atoms. The highest BCUT2D eigenvalue weighted by Crippen LogP contribution is 2.53. The number of carboxylic acids is 1. The van der Waals surface area contributed by atoms with E-state index in [4.69, 9.17) is 16.0 Å². The minimum Gasteiger partial charge on any atom is -0.481 e. The van der Waals surface area contributed by atoms with Gasteiger partial charge < -0.3 is 14.8 Å². The van der Waals surface area contributed by atoms with Gasteiger partial charge in [-0.2, -0.15) is 5.26 Å². The highest BCUT2D eigenvalue weighted by Gasteiger charge is 2.56. The van der Waals surface area contributed by atoms with E-state index in [1.807, 2.05) is 6.92 Å². The fourth-order valence-corrected chi connectivity index (χ4v) is 4.67. The number of rotatable bonds is 6. The Labute approximate surface area is 173 Å². The van der Waals surface area contributed by atoms with Gasteiger partial charge in [0.1, 0.15) is 5.82 Å². The number of aliphatic carboxylic acids is 1. The second kappa shape index (κ2) is 8.30. The van der Waals surface area contributed by atoms with Crippen LogP contribution in [0.15, 0.2) is 46.6 Å². The van der Waals surface area contributed by atoms with Crippen LogP contribution in [0, 0.1) is 22.6 Å². The van der Waals surface area contributed by atoms with Crippen LogP contribution in [0.5, 0.6) is 0 Å². The molecule has 1 aromatic carbocycles. The van der Waals surface area contributed by atoms with Gasteiger partial charge in [0.2, 0.25) is 0 Å². The Balaban J connectivity index is 2.38. The number of benzene rings is 1. The van der Waals surface area contributed by atoms with Gasteiger partial charge in [-0.05, 0) is 42.7 Å². The first-order chi connectivity index (χ1) is 13.9. The van der Waals surface area contributed by atoms with E-state index in [2.05, 4.69) is 11.4 Å². The number of hydrogen-bond donors (Lipinski definition) is 2. The van der Waals surface area contributed by atoms with Gasteiger partial charge in [-0.3, -0.25) is 4.79 Å². The van der Waals surface area contributed by atoms with Gasteiger partial charge in [-0.1, -0.05) is 37.9 Å². The van der Waals surface area contributed by atoms with Crippen LogP contribution < -0.4 is 5.32 Å². The predicted molar refractivity (Wildman–Crippen MR) is 108 cm³/mol. The third kappa shape index (κ3) is 3.40. The fourth-order valence-electron chi connectivity index (χ4n) is 4.39. The summed E-state index contributed by atoms with van der Waals surface area (Å²) in [5.41, 5.74) is -0.254. The molecule has 2 aromatic rings. The van der Waals surface area contributed by atoms with E-state index in [0.717, 1.165) is 12.5 Å². The lowest BCUT2D eigenvalue weighted by molar-refractivity contribution is -0.152. The maximum atomic E-state index is 13.7. The summed E-state index contributed by atoms with van der Waals surface area (Å²) in [5, 5.41) is 23.8. The number of nitrogens with zero attached hydrogens (tertiary/aromatic N) is 1. The SMILES string of the molecule is CCCC1NC(c2ccco2)=C(C#N)C(c2ccc(F)cc2Cl)C1(CC)C(=O)O. The summed E-state index contributed by atoms with van der Waals surface area (Å²) in [4.78, 5) is 12.7. The van der Waals surface area contributed by atoms with Gasteiger partial charge in [0.15, 0.2) is 5.76 Å². The Morgan fingerprint density at radius 1 is 1.41 bits per heavy atom. The summed E-state index contributed by atoms with van der Waals surface area (Å²) in [5.74, 6) is -1.96. The zero-order valence-corrected chi connectivity index (χ0v) is 17.0. The maximum Gasteiger partial charge on any atom is 0.312 e. The van der Waals surface area contributed by atoms with Gasteiger partial charge in [0.05, 0.1) is 29.0 Å². The van der Waals surface area contributed by atoms with Crippen molar-refractivity contribution >= 4 is 23.3 Å². The molecule has 0 aliphatic carbocycles. The molecule has 5 nitrogen and oxygen atoms in total. The third-order valence-electron chi connectivity index (χ3n) is 5.74. The first kappa shape index (κ1) is 20.9. The zero-order chi connectivity index (χ0) is 21.2. The van der Waals surface area contributed by atoms with E-state index in [0.29, 0.717) is 23.4 Å². The highest BCUT2D eigenvalue weighted by molar-refractivity contribution is 6.31. The molecule has 0 spiro atoms. The second-order valence-corrected chi connectivity index (χ2v) is 7.57. The molecule has 3 atom stereocenters. The van der Waals surface area contributed by atoms with Crippen LogP contribution in [-0.4, -0.2) is 17.1 Å². The first-order valence-corrected chi connectivity index (χ1v) is 9.91. The molecule has 152 valence electrons. The fraction of sp³-hybridized carbons (Fsp3) is 0.364. The largest absolute Gasteiger partial charge is 0.481 e. The summed E-state index contributed by atoms with van der Waals surface area (Å²) in [6, 6.07) is 8.98. The van der Waals surface area contributed by atoms with Gasteiger partial charge in [-0.15, -0.1) is 0 Å². The highest BCUT2D eigenvalue weighted by atomic mass is 35.5. The monoisotopic (exact) mass is 416 g/mol. The van der Waals surface area contributed by atoms with Gasteiger partial charge in [0.25, 0.3) is 0 Å². The van der Waals surface area contributed by atoms with Gasteiger partial charge in [-0.25, -0.2) is 4.39 Å². The summed E-state index contributed by atoms with van der Waals surface area (Å²) < 4.78 is 19.2. The van der Waals surface area contributed by atoms with Crippen molar-refractivity contribution in [2.45, 2.75) is 45.1 Å². The molecule has 7 heteroatoms. The lowest BCUT2D eigenvalue weighted by atomic mass is 9.59. The molecule has 0 radical (unpaired) electrons. The van der Waals surface area contributed by atoms with E-state index in [9.17, 15) is 19.6 Å². The van der Waals surface area contributed by atoms with Crippen molar-refractivity contribution in [2.24, 2.45) is 5.41 Å². The molecular weight excluding hydrogens is 395 g/mol. The number of furan rings is 1.